The van der Waals surface area contributed by atoms with E-state index in [0.717, 1.165) is 5.56 Å². The minimum Gasteiger partial charge on any atom is -0.495 e. The van der Waals surface area contributed by atoms with Crippen molar-refractivity contribution >= 4 is 33.2 Å². The summed E-state index contributed by atoms with van der Waals surface area (Å²) in [6.07, 6.45) is 0. The maximum absolute atomic E-state index is 12.8. The topological polar surface area (TPSA) is 79.0 Å². The van der Waals surface area contributed by atoms with Crippen molar-refractivity contribution in [3.63, 3.8) is 0 Å². The summed E-state index contributed by atoms with van der Waals surface area (Å²) in [5.74, 6) is 0.315. The molecule has 4 rings (SSSR count). The molecule has 1 amide bonds. The first kappa shape index (κ1) is 24.2. The van der Waals surface area contributed by atoms with Crippen molar-refractivity contribution in [2.75, 3.05) is 38.6 Å². The fourth-order valence-electron chi connectivity index (χ4n) is 3.84. The van der Waals surface area contributed by atoms with Gasteiger partial charge in [0.1, 0.15) is 5.75 Å². The molecule has 0 radical (unpaired) electrons. The lowest BCUT2D eigenvalue weighted by atomic mass is 10.1. The predicted molar refractivity (Wildman–Crippen MR) is 133 cm³/mol. The Labute approximate surface area is 205 Å². The average molecular weight is 500 g/mol. The van der Waals surface area contributed by atoms with Crippen LogP contribution in [0.3, 0.4) is 0 Å². The Morgan fingerprint density at radius 3 is 2.26 bits per heavy atom. The maximum atomic E-state index is 12.8. The third-order valence-electron chi connectivity index (χ3n) is 5.74. The highest BCUT2D eigenvalue weighted by atomic mass is 35.5. The van der Waals surface area contributed by atoms with E-state index in [1.165, 1.54) is 11.4 Å². The van der Waals surface area contributed by atoms with Gasteiger partial charge in [-0.05, 0) is 48.0 Å². The third-order valence-corrected chi connectivity index (χ3v) is 7.95. The molecule has 3 aromatic carbocycles. The molecule has 1 aliphatic heterocycles. The van der Waals surface area contributed by atoms with E-state index >= 15 is 0 Å². The molecular weight excluding hydrogens is 474 g/mol. The van der Waals surface area contributed by atoms with E-state index in [1.807, 2.05) is 12.1 Å². The molecule has 7 nitrogen and oxygen atoms in total. The van der Waals surface area contributed by atoms with Crippen LogP contribution in [0.25, 0.3) is 0 Å². The smallest absolute Gasteiger partial charge is 0.255 e. The lowest BCUT2D eigenvalue weighted by molar-refractivity contribution is 0.102. The Hall–Kier alpha value is -2.91. The zero-order valence-corrected chi connectivity index (χ0v) is 20.3. The number of anilines is 1. The molecule has 1 fully saturated rings. The van der Waals surface area contributed by atoms with E-state index in [-0.39, 0.29) is 5.91 Å². The molecule has 3 aromatic rings. The van der Waals surface area contributed by atoms with Crippen LogP contribution in [-0.4, -0.2) is 56.8 Å². The number of piperazine rings is 1. The van der Waals surface area contributed by atoms with Crippen LogP contribution in [0.4, 0.5) is 5.69 Å². The summed E-state index contributed by atoms with van der Waals surface area (Å²) in [5, 5.41) is 3.26. The van der Waals surface area contributed by atoms with Crippen LogP contribution in [0.5, 0.6) is 5.75 Å². The highest BCUT2D eigenvalue weighted by Crippen LogP contribution is 2.27. The van der Waals surface area contributed by atoms with E-state index in [2.05, 4.69) is 10.2 Å². The number of nitrogens with zero attached hydrogens (tertiary/aromatic N) is 2. The first-order valence-electron chi connectivity index (χ1n) is 10.9. The molecule has 1 saturated heterocycles. The second-order valence-corrected chi connectivity index (χ2v) is 10.3. The van der Waals surface area contributed by atoms with Gasteiger partial charge in [-0.25, -0.2) is 8.42 Å². The van der Waals surface area contributed by atoms with Gasteiger partial charge in [-0.15, -0.1) is 0 Å². The van der Waals surface area contributed by atoms with E-state index in [9.17, 15) is 13.2 Å². The van der Waals surface area contributed by atoms with Gasteiger partial charge in [0.05, 0.1) is 17.0 Å². The van der Waals surface area contributed by atoms with Gasteiger partial charge in [0, 0.05) is 44.0 Å². The van der Waals surface area contributed by atoms with Crippen molar-refractivity contribution in [2.45, 2.75) is 11.4 Å². The Kier molecular flexibility index (Phi) is 7.53. The van der Waals surface area contributed by atoms with Crippen LogP contribution >= 0.6 is 11.6 Å². The number of amides is 1. The molecule has 0 atom stereocenters. The number of methoxy groups -OCH3 is 1. The minimum atomic E-state index is -3.46. The number of carbonyl (C=O) groups is 1. The van der Waals surface area contributed by atoms with Gasteiger partial charge in [-0.2, -0.15) is 4.31 Å². The lowest BCUT2D eigenvalue weighted by Crippen LogP contribution is -2.48. The van der Waals surface area contributed by atoms with Gasteiger partial charge < -0.3 is 10.1 Å². The quantitative estimate of drug-likeness (QED) is 0.529. The molecule has 178 valence electrons. The van der Waals surface area contributed by atoms with Crippen molar-refractivity contribution in [3.8, 4) is 5.75 Å². The Morgan fingerprint density at radius 2 is 1.65 bits per heavy atom. The molecule has 1 heterocycles. The number of nitrogens with one attached hydrogen (secondary N) is 1. The Balaban J connectivity index is 1.31. The molecule has 0 bridgehead atoms. The van der Waals surface area contributed by atoms with E-state index in [1.54, 1.807) is 60.7 Å². The number of sulfonamides is 1. The minimum absolute atomic E-state index is 0.229. The van der Waals surface area contributed by atoms with E-state index < -0.39 is 10.0 Å². The SMILES string of the molecule is COc1ccc(NC(=O)c2ccc(CN3CCN(S(=O)(=O)c4ccccc4)CC3)cc2)cc1Cl. The highest BCUT2D eigenvalue weighted by Gasteiger charge is 2.28. The second kappa shape index (κ2) is 10.6. The van der Waals surface area contributed by atoms with Crippen LogP contribution in [0, 0.1) is 0 Å². The summed E-state index contributed by atoms with van der Waals surface area (Å²) >= 11 is 6.12. The number of benzene rings is 3. The monoisotopic (exact) mass is 499 g/mol. The number of hydrogen-bond acceptors (Lipinski definition) is 5. The zero-order chi connectivity index (χ0) is 24.1. The van der Waals surface area contributed by atoms with Crippen molar-refractivity contribution in [3.05, 3.63) is 88.9 Å². The number of carbonyl (C=O) groups excluding carboxylic acids is 1. The molecular formula is C25H26ClN3O4S. The molecule has 1 aliphatic rings. The molecule has 0 saturated carbocycles. The first-order valence-corrected chi connectivity index (χ1v) is 12.7. The fraction of sp³-hybridized carbons (Fsp3) is 0.240. The molecule has 9 heteroatoms. The molecule has 0 aliphatic carbocycles. The number of hydrogen-bond donors (Lipinski definition) is 1. The van der Waals surface area contributed by atoms with Crippen molar-refractivity contribution < 1.29 is 17.9 Å². The summed E-state index contributed by atoms with van der Waals surface area (Å²) < 4.78 is 32.2. The summed E-state index contributed by atoms with van der Waals surface area (Å²) in [4.78, 5) is 15.1. The molecule has 1 N–H and O–H groups in total. The normalized spacial score (nSPS) is 15.1. The summed E-state index contributed by atoms with van der Waals surface area (Å²) in [6.45, 7) is 2.87. The molecule has 0 aromatic heterocycles. The van der Waals surface area contributed by atoms with Gasteiger partial charge in [-0.3, -0.25) is 9.69 Å². The Morgan fingerprint density at radius 1 is 0.971 bits per heavy atom. The average Bonchev–Trinajstić information content (AvgIpc) is 2.85. The summed E-state index contributed by atoms with van der Waals surface area (Å²) in [7, 11) is -1.92. The van der Waals surface area contributed by atoms with E-state index in [4.69, 9.17) is 16.3 Å². The molecule has 0 unspecified atom stereocenters. The van der Waals surface area contributed by atoms with Gasteiger partial charge >= 0.3 is 0 Å². The van der Waals surface area contributed by atoms with Gasteiger partial charge in [0.25, 0.3) is 5.91 Å². The van der Waals surface area contributed by atoms with Gasteiger partial charge in [0.2, 0.25) is 10.0 Å². The standard InChI is InChI=1S/C25H26ClN3O4S/c1-33-24-12-11-21(17-23(24)26)27-25(30)20-9-7-19(8-10-20)18-28-13-15-29(16-14-28)34(31,32)22-5-3-2-4-6-22/h2-12,17H,13-16,18H2,1H3,(H,27,30). The molecule has 34 heavy (non-hydrogen) atoms. The predicted octanol–water partition coefficient (Wildman–Crippen LogP) is 4.11. The largest absolute Gasteiger partial charge is 0.495 e. The number of halogens is 1. The number of ether oxygens (including phenoxy) is 1. The van der Waals surface area contributed by atoms with Gasteiger partial charge in [-0.1, -0.05) is 41.9 Å². The summed E-state index contributed by atoms with van der Waals surface area (Å²) in [5.41, 5.74) is 2.18. The van der Waals surface area contributed by atoms with Crippen LogP contribution in [0.15, 0.2) is 77.7 Å². The Bertz CT molecular complexity index is 1240. The van der Waals surface area contributed by atoms with Crippen LogP contribution in [0.2, 0.25) is 5.02 Å². The van der Waals surface area contributed by atoms with Crippen molar-refractivity contribution in [1.29, 1.82) is 0 Å². The second-order valence-electron chi connectivity index (χ2n) is 7.99. The highest BCUT2D eigenvalue weighted by molar-refractivity contribution is 7.89. The zero-order valence-electron chi connectivity index (χ0n) is 18.8. The molecule has 0 spiro atoms. The van der Waals surface area contributed by atoms with Crippen LogP contribution in [0.1, 0.15) is 15.9 Å². The van der Waals surface area contributed by atoms with Crippen molar-refractivity contribution in [2.24, 2.45) is 0 Å². The van der Waals surface area contributed by atoms with Gasteiger partial charge in [0.15, 0.2) is 0 Å². The van der Waals surface area contributed by atoms with Crippen LogP contribution in [-0.2, 0) is 16.6 Å². The fourth-order valence-corrected chi connectivity index (χ4v) is 5.54. The number of rotatable bonds is 7. The summed E-state index contributed by atoms with van der Waals surface area (Å²) in [6, 6.07) is 21.0. The maximum Gasteiger partial charge on any atom is 0.255 e. The third kappa shape index (κ3) is 5.59. The lowest BCUT2D eigenvalue weighted by Gasteiger charge is -2.34. The van der Waals surface area contributed by atoms with Crippen LogP contribution < -0.4 is 10.1 Å². The first-order chi connectivity index (χ1) is 16.4. The van der Waals surface area contributed by atoms with E-state index in [0.29, 0.717) is 59.6 Å². The van der Waals surface area contributed by atoms with Crippen molar-refractivity contribution in [1.82, 2.24) is 9.21 Å².